The van der Waals surface area contributed by atoms with Crippen LogP contribution in [0, 0.1) is 17.2 Å². The van der Waals surface area contributed by atoms with Crippen LogP contribution in [0.3, 0.4) is 0 Å². The second-order valence-electron chi connectivity index (χ2n) is 5.75. The molecular formula is C16H21N3. The minimum atomic E-state index is 0.349. The smallest absolute Gasteiger partial charge is 0.0995 e. The molecule has 3 nitrogen and oxygen atoms in total. The Bertz CT molecular complexity index is 487. The molecule has 2 unspecified atom stereocenters. The zero-order chi connectivity index (χ0) is 13.2. The van der Waals surface area contributed by atoms with Crippen molar-refractivity contribution in [2.75, 3.05) is 13.1 Å². The van der Waals surface area contributed by atoms with Gasteiger partial charge in [0.1, 0.15) is 0 Å². The van der Waals surface area contributed by atoms with E-state index in [0.29, 0.717) is 18.5 Å². The van der Waals surface area contributed by atoms with Crippen molar-refractivity contribution in [3.8, 4) is 6.07 Å². The Hall–Kier alpha value is -1.37. The molecule has 1 saturated carbocycles. The van der Waals surface area contributed by atoms with E-state index in [4.69, 9.17) is 5.73 Å². The molecule has 2 N–H and O–H groups in total. The monoisotopic (exact) mass is 255 g/mol. The maximum atomic E-state index is 9.35. The van der Waals surface area contributed by atoms with E-state index in [0.717, 1.165) is 18.2 Å². The number of rotatable bonds is 3. The normalized spacial score (nSPS) is 28.0. The molecule has 1 saturated heterocycles. The molecular weight excluding hydrogens is 234 g/mol. The van der Waals surface area contributed by atoms with Gasteiger partial charge in [0, 0.05) is 12.1 Å². The highest BCUT2D eigenvalue weighted by Gasteiger charge is 2.40. The van der Waals surface area contributed by atoms with E-state index in [1.165, 1.54) is 31.2 Å². The maximum absolute atomic E-state index is 9.35. The molecule has 0 spiro atoms. The molecule has 0 aromatic heterocycles. The van der Waals surface area contributed by atoms with Crippen LogP contribution >= 0.6 is 0 Å². The van der Waals surface area contributed by atoms with Gasteiger partial charge in [-0.1, -0.05) is 18.2 Å². The van der Waals surface area contributed by atoms with Gasteiger partial charge in [-0.05, 0) is 56.3 Å². The Labute approximate surface area is 115 Å². The van der Waals surface area contributed by atoms with Gasteiger partial charge in [0.2, 0.25) is 0 Å². The number of hydrogen-bond acceptors (Lipinski definition) is 3. The van der Waals surface area contributed by atoms with Gasteiger partial charge in [-0.3, -0.25) is 4.90 Å². The molecule has 3 rings (SSSR count). The summed E-state index contributed by atoms with van der Waals surface area (Å²) in [4.78, 5) is 2.61. The Balaban J connectivity index is 1.98. The summed E-state index contributed by atoms with van der Waals surface area (Å²) in [5, 5.41) is 9.35. The van der Waals surface area contributed by atoms with Crippen LogP contribution < -0.4 is 5.73 Å². The quantitative estimate of drug-likeness (QED) is 0.902. The summed E-state index contributed by atoms with van der Waals surface area (Å²) in [6, 6.07) is 11.5. The molecule has 19 heavy (non-hydrogen) atoms. The Morgan fingerprint density at radius 3 is 2.74 bits per heavy atom. The van der Waals surface area contributed by atoms with Gasteiger partial charge in [0.05, 0.1) is 11.6 Å². The molecule has 0 bridgehead atoms. The van der Waals surface area contributed by atoms with Crippen molar-refractivity contribution < 1.29 is 0 Å². The summed E-state index contributed by atoms with van der Waals surface area (Å²) in [6.07, 6.45) is 5.04. The molecule has 1 heterocycles. The molecule has 0 radical (unpaired) electrons. The highest BCUT2D eigenvalue weighted by molar-refractivity contribution is 5.40. The Kier molecular flexibility index (Phi) is 3.54. The molecule has 1 aromatic carbocycles. The molecule has 1 aliphatic heterocycles. The first-order valence-corrected chi connectivity index (χ1v) is 7.30. The topological polar surface area (TPSA) is 53.1 Å². The second kappa shape index (κ2) is 5.32. The van der Waals surface area contributed by atoms with Crippen molar-refractivity contribution >= 4 is 0 Å². The lowest BCUT2D eigenvalue weighted by Crippen LogP contribution is -2.43. The summed E-state index contributed by atoms with van der Waals surface area (Å²) in [5.41, 5.74) is 8.00. The predicted octanol–water partition coefficient (Wildman–Crippen LogP) is 2.43. The average molecular weight is 255 g/mol. The van der Waals surface area contributed by atoms with Gasteiger partial charge >= 0.3 is 0 Å². The highest BCUT2D eigenvalue weighted by Crippen LogP contribution is 2.43. The second-order valence-corrected chi connectivity index (χ2v) is 5.75. The van der Waals surface area contributed by atoms with Crippen LogP contribution in [0.2, 0.25) is 0 Å². The summed E-state index contributed by atoms with van der Waals surface area (Å²) >= 11 is 0. The van der Waals surface area contributed by atoms with Gasteiger partial charge in [-0.2, -0.15) is 5.26 Å². The first-order chi connectivity index (χ1) is 9.35. The van der Waals surface area contributed by atoms with Gasteiger partial charge in [-0.15, -0.1) is 0 Å². The van der Waals surface area contributed by atoms with E-state index in [1.54, 1.807) is 0 Å². The first kappa shape index (κ1) is 12.7. The third-order valence-electron chi connectivity index (χ3n) is 4.51. The van der Waals surface area contributed by atoms with Crippen LogP contribution in [0.15, 0.2) is 24.3 Å². The van der Waals surface area contributed by atoms with Gasteiger partial charge in [0.25, 0.3) is 0 Å². The molecule has 3 heteroatoms. The fourth-order valence-corrected chi connectivity index (χ4v) is 3.46. The summed E-state index contributed by atoms with van der Waals surface area (Å²) in [6.45, 7) is 1.87. The van der Waals surface area contributed by atoms with Crippen LogP contribution in [0.5, 0.6) is 0 Å². The van der Waals surface area contributed by atoms with E-state index >= 15 is 0 Å². The molecule has 2 atom stereocenters. The van der Waals surface area contributed by atoms with Gasteiger partial charge in [0.15, 0.2) is 0 Å². The summed E-state index contributed by atoms with van der Waals surface area (Å²) in [5.74, 6) is 0.490. The van der Waals surface area contributed by atoms with E-state index in [-0.39, 0.29) is 0 Å². The number of piperidine rings is 1. The number of nitriles is 1. The SMILES string of the molecule is N#Cc1ccccc1C1C(CN)CCCN1C1CC1. The lowest BCUT2D eigenvalue weighted by molar-refractivity contribution is 0.0878. The number of hydrogen-bond donors (Lipinski definition) is 1. The van der Waals surface area contributed by atoms with Crippen LogP contribution in [0.1, 0.15) is 42.9 Å². The predicted molar refractivity (Wildman–Crippen MR) is 75.4 cm³/mol. The standard InChI is InChI=1S/C16H21N3/c17-10-12-4-1-2-6-15(12)16-13(11-18)5-3-9-19(16)14-7-8-14/h1-2,4,6,13-14,16H,3,5,7-9,11,18H2. The zero-order valence-corrected chi connectivity index (χ0v) is 11.3. The highest BCUT2D eigenvalue weighted by atomic mass is 15.2. The molecule has 1 aliphatic carbocycles. The third-order valence-corrected chi connectivity index (χ3v) is 4.51. The van der Waals surface area contributed by atoms with E-state index in [2.05, 4.69) is 17.0 Å². The first-order valence-electron chi connectivity index (χ1n) is 7.30. The Morgan fingerprint density at radius 2 is 2.05 bits per heavy atom. The van der Waals surface area contributed by atoms with Crippen LogP contribution in [0.25, 0.3) is 0 Å². The number of likely N-dealkylation sites (tertiary alicyclic amines) is 1. The number of benzene rings is 1. The van der Waals surface area contributed by atoms with Gasteiger partial charge in [-0.25, -0.2) is 0 Å². The van der Waals surface area contributed by atoms with Crippen LogP contribution in [-0.4, -0.2) is 24.0 Å². The molecule has 2 aliphatic rings. The van der Waals surface area contributed by atoms with Gasteiger partial charge < -0.3 is 5.73 Å². The number of nitrogens with zero attached hydrogens (tertiary/aromatic N) is 2. The fourth-order valence-electron chi connectivity index (χ4n) is 3.46. The number of nitrogens with two attached hydrogens (primary N) is 1. The molecule has 0 amide bonds. The zero-order valence-electron chi connectivity index (χ0n) is 11.3. The van der Waals surface area contributed by atoms with Crippen molar-refractivity contribution in [1.82, 2.24) is 4.90 Å². The maximum Gasteiger partial charge on any atom is 0.0995 e. The van der Waals surface area contributed by atoms with Crippen molar-refractivity contribution in [1.29, 1.82) is 5.26 Å². The lowest BCUT2D eigenvalue weighted by atomic mass is 9.83. The minimum Gasteiger partial charge on any atom is -0.330 e. The van der Waals surface area contributed by atoms with Crippen molar-refractivity contribution in [3.63, 3.8) is 0 Å². The fraction of sp³-hybridized carbons (Fsp3) is 0.562. The van der Waals surface area contributed by atoms with Crippen LogP contribution in [-0.2, 0) is 0 Å². The van der Waals surface area contributed by atoms with E-state index in [9.17, 15) is 5.26 Å². The summed E-state index contributed by atoms with van der Waals surface area (Å²) in [7, 11) is 0. The molecule has 1 aromatic rings. The van der Waals surface area contributed by atoms with E-state index < -0.39 is 0 Å². The summed E-state index contributed by atoms with van der Waals surface area (Å²) < 4.78 is 0. The van der Waals surface area contributed by atoms with E-state index in [1.807, 2.05) is 18.2 Å². The lowest BCUT2D eigenvalue weighted by Gasteiger charge is -2.42. The Morgan fingerprint density at radius 1 is 1.26 bits per heavy atom. The average Bonchev–Trinajstić information content (AvgIpc) is 3.31. The molecule has 100 valence electrons. The van der Waals surface area contributed by atoms with Crippen LogP contribution in [0.4, 0.5) is 0 Å². The van der Waals surface area contributed by atoms with Crippen molar-refractivity contribution in [2.24, 2.45) is 11.7 Å². The van der Waals surface area contributed by atoms with Crippen molar-refractivity contribution in [3.05, 3.63) is 35.4 Å². The third kappa shape index (κ3) is 2.39. The minimum absolute atomic E-state index is 0.349. The largest absolute Gasteiger partial charge is 0.330 e. The molecule has 2 fully saturated rings. The van der Waals surface area contributed by atoms with Crippen molar-refractivity contribution in [2.45, 2.75) is 37.8 Å².